The van der Waals surface area contributed by atoms with Crippen LogP contribution >= 0.6 is 43.5 Å². The lowest BCUT2D eigenvalue weighted by Gasteiger charge is -2.11. The molecule has 1 aromatic rings. The van der Waals surface area contributed by atoms with Crippen molar-refractivity contribution < 1.29 is 4.74 Å². The molecule has 0 saturated heterocycles. The second kappa shape index (κ2) is 5.74. The Hall–Kier alpha value is 0.270. The predicted molar refractivity (Wildman–Crippen MR) is 74.2 cm³/mol. The molecule has 0 bridgehead atoms. The van der Waals surface area contributed by atoms with E-state index < -0.39 is 0 Å². The summed E-state index contributed by atoms with van der Waals surface area (Å²) in [5, 5.41) is 0. The maximum absolute atomic E-state index is 5.79. The third kappa shape index (κ3) is 3.38. The first-order valence-corrected chi connectivity index (χ1v) is 7.49. The number of rotatable bonds is 5. The second-order valence-corrected chi connectivity index (χ2v) is 6.08. The monoisotopic (exact) mass is 366 g/mol. The molecule has 0 atom stereocenters. The molecular weight excluding hydrogens is 355 g/mol. The molecule has 1 aromatic carbocycles. The van der Waals surface area contributed by atoms with E-state index >= 15 is 0 Å². The first-order valence-electron chi connectivity index (χ1n) is 5.37. The SMILES string of the molecule is ClCc1cc(Br)c(OCCC2CC2)c(Br)c1. The third-order valence-electron chi connectivity index (χ3n) is 2.68. The fourth-order valence-electron chi connectivity index (χ4n) is 1.56. The largest absolute Gasteiger partial charge is 0.491 e. The van der Waals surface area contributed by atoms with Gasteiger partial charge >= 0.3 is 0 Å². The van der Waals surface area contributed by atoms with Crippen LogP contribution < -0.4 is 4.74 Å². The molecule has 0 radical (unpaired) electrons. The van der Waals surface area contributed by atoms with Gasteiger partial charge in [-0.3, -0.25) is 0 Å². The van der Waals surface area contributed by atoms with Crippen molar-refractivity contribution in [3.63, 3.8) is 0 Å². The van der Waals surface area contributed by atoms with Crippen LogP contribution in [-0.2, 0) is 5.88 Å². The van der Waals surface area contributed by atoms with Crippen LogP contribution in [0, 0.1) is 5.92 Å². The van der Waals surface area contributed by atoms with E-state index in [1.54, 1.807) is 0 Å². The van der Waals surface area contributed by atoms with Crippen LogP contribution in [0.25, 0.3) is 0 Å². The van der Waals surface area contributed by atoms with Gasteiger partial charge in [0.05, 0.1) is 15.6 Å². The Bertz CT molecular complexity index is 354. The number of benzene rings is 1. The standard InChI is InChI=1S/C12H13Br2ClO/c13-10-5-9(7-15)6-11(14)12(10)16-4-3-8-1-2-8/h5-6,8H,1-4,7H2. The maximum atomic E-state index is 5.79. The Morgan fingerprint density at radius 3 is 2.38 bits per heavy atom. The summed E-state index contributed by atoms with van der Waals surface area (Å²) in [5.74, 6) is 2.30. The van der Waals surface area contributed by atoms with Crippen LogP contribution in [0.2, 0.25) is 0 Å². The van der Waals surface area contributed by atoms with Gasteiger partial charge in [0.1, 0.15) is 5.75 Å². The normalized spacial score (nSPS) is 15.2. The van der Waals surface area contributed by atoms with Crippen molar-refractivity contribution in [2.24, 2.45) is 5.92 Å². The van der Waals surface area contributed by atoms with E-state index in [4.69, 9.17) is 16.3 Å². The Labute approximate surface area is 118 Å². The minimum Gasteiger partial charge on any atom is -0.491 e. The zero-order chi connectivity index (χ0) is 11.5. The number of halogens is 3. The molecule has 16 heavy (non-hydrogen) atoms. The van der Waals surface area contributed by atoms with Crippen molar-refractivity contribution in [3.05, 3.63) is 26.6 Å². The average molecular weight is 368 g/mol. The molecule has 0 amide bonds. The highest BCUT2D eigenvalue weighted by molar-refractivity contribution is 9.11. The highest BCUT2D eigenvalue weighted by atomic mass is 79.9. The van der Waals surface area contributed by atoms with E-state index in [0.717, 1.165) is 39.2 Å². The molecule has 1 aliphatic carbocycles. The van der Waals surface area contributed by atoms with Gasteiger partial charge in [-0.05, 0) is 61.9 Å². The van der Waals surface area contributed by atoms with Gasteiger partial charge in [0.25, 0.3) is 0 Å². The van der Waals surface area contributed by atoms with Crippen LogP contribution in [-0.4, -0.2) is 6.61 Å². The number of alkyl halides is 1. The Balaban J connectivity index is 2.00. The molecular formula is C12H13Br2ClO. The Morgan fingerprint density at radius 2 is 1.88 bits per heavy atom. The molecule has 0 aliphatic heterocycles. The van der Waals surface area contributed by atoms with Gasteiger partial charge in [0, 0.05) is 5.88 Å². The summed E-state index contributed by atoms with van der Waals surface area (Å²) >= 11 is 12.8. The highest BCUT2D eigenvalue weighted by Crippen LogP contribution is 2.37. The summed E-state index contributed by atoms with van der Waals surface area (Å²) in [6.45, 7) is 0.794. The molecule has 1 aliphatic rings. The number of hydrogen-bond acceptors (Lipinski definition) is 1. The predicted octanol–water partition coefficient (Wildman–Crippen LogP) is 5.13. The summed E-state index contributed by atoms with van der Waals surface area (Å²) in [6, 6.07) is 4.01. The zero-order valence-electron chi connectivity index (χ0n) is 8.81. The van der Waals surface area contributed by atoms with Crippen LogP contribution in [0.5, 0.6) is 5.75 Å². The van der Waals surface area contributed by atoms with E-state index in [1.807, 2.05) is 12.1 Å². The van der Waals surface area contributed by atoms with E-state index in [2.05, 4.69) is 31.9 Å². The van der Waals surface area contributed by atoms with E-state index in [0.29, 0.717) is 5.88 Å². The molecule has 88 valence electrons. The van der Waals surface area contributed by atoms with Crippen molar-refractivity contribution >= 4 is 43.5 Å². The smallest absolute Gasteiger partial charge is 0.147 e. The molecule has 0 spiro atoms. The van der Waals surface area contributed by atoms with Gasteiger partial charge in [-0.25, -0.2) is 0 Å². The lowest BCUT2D eigenvalue weighted by Crippen LogP contribution is -2.00. The van der Waals surface area contributed by atoms with Gasteiger partial charge in [-0.1, -0.05) is 12.8 Å². The van der Waals surface area contributed by atoms with Crippen molar-refractivity contribution in [2.75, 3.05) is 6.61 Å². The van der Waals surface area contributed by atoms with Crippen LogP contribution in [0.15, 0.2) is 21.1 Å². The molecule has 2 rings (SSSR count). The van der Waals surface area contributed by atoms with Gasteiger partial charge in [0.2, 0.25) is 0 Å². The first-order chi connectivity index (χ1) is 7.70. The number of ether oxygens (including phenoxy) is 1. The lowest BCUT2D eigenvalue weighted by atomic mass is 10.2. The fraction of sp³-hybridized carbons (Fsp3) is 0.500. The van der Waals surface area contributed by atoms with Crippen molar-refractivity contribution in [1.82, 2.24) is 0 Å². The lowest BCUT2D eigenvalue weighted by molar-refractivity contribution is 0.299. The van der Waals surface area contributed by atoms with Crippen LogP contribution in [0.1, 0.15) is 24.8 Å². The summed E-state index contributed by atoms with van der Waals surface area (Å²) in [4.78, 5) is 0. The van der Waals surface area contributed by atoms with Crippen molar-refractivity contribution in [1.29, 1.82) is 0 Å². The Morgan fingerprint density at radius 1 is 1.25 bits per heavy atom. The molecule has 1 saturated carbocycles. The quantitative estimate of drug-likeness (QED) is 0.655. The van der Waals surface area contributed by atoms with Crippen molar-refractivity contribution in [2.45, 2.75) is 25.1 Å². The topological polar surface area (TPSA) is 9.23 Å². The second-order valence-electron chi connectivity index (χ2n) is 4.10. The minimum atomic E-state index is 0.513. The van der Waals surface area contributed by atoms with Crippen molar-refractivity contribution in [3.8, 4) is 5.75 Å². The molecule has 0 N–H and O–H groups in total. The van der Waals surface area contributed by atoms with E-state index in [-0.39, 0.29) is 0 Å². The summed E-state index contributed by atoms with van der Waals surface area (Å²) < 4.78 is 7.71. The average Bonchev–Trinajstić information content (AvgIpc) is 3.05. The minimum absolute atomic E-state index is 0.513. The van der Waals surface area contributed by atoms with Crippen LogP contribution in [0.3, 0.4) is 0 Å². The van der Waals surface area contributed by atoms with Crippen LogP contribution in [0.4, 0.5) is 0 Å². The van der Waals surface area contributed by atoms with Gasteiger partial charge in [-0.2, -0.15) is 0 Å². The summed E-state index contributed by atoms with van der Waals surface area (Å²) in [7, 11) is 0. The highest BCUT2D eigenvalue weighted by Gasteiger charge is 2.21. The summed E-state index contributed by atoms with van der Waals surface area (Å²) in [6.07, 6.45) is 3.91. The number of hydrogen-bond donors (Lipinski definition) is 0. The molecule has 1 fully saturated rings. The molecule has 0 unspecified atom stereocenters. The van der Waals surface area contributed by atoms with Gasteiger partial charge < -0.3 is 4.74 Å². The molecule has 4 heteroatoms. The summed E-state index contributed by atoms with van der Waals surface area (Å²) in [5.41, 5.74) is 1.08. The van der Waals surface area contributed by atoms with Gasteiger partial charge in [-0.15, -0.1) is 11.6 Å². The van der Waals surface area contributed by atoms with E-state index in [9.17, 15) is 0 Å². The van der Waals surface area contributed by atoms with E-state index in [1.165, 1.54) is 12.8 Å². The molecule has 1 nitrogen and oxygen atoms in total. The third-order valence-corrected chi connectivity index (χ3v) is 4.17. The maximum Gasteiger partial charge on any atom is 0.147 e. The molecule has 0 heterocycles. The molecule has 0 aromatic heterocycles. The fourth-order valence-corrected chi connectivity index (χ4v) is 3.23. The first kappa shape index (κ1) is 12.7. The Kier molecular flexibility index (Phi) is 4.57. The van der Waals surface area contributed by atoms with Gasteiger partial charge in [0.15, 0.2) is 0 Å². The zero-order valence-corrected chi connectivity index (χ0v) is 12.7.